The van der Waals surface area contributed by atoms with Crippen molar-refractivity contribution in [1.82, 2.24) is 14.7 Å². The molecule has 5 heteroatoms. The minimum absolute atomic E-state index is 0.139. The number of hydrogen-bond acceptors (Lipinski definition) is 3. The molecule has 0 spiro atoms. The lowest BCUT2D eigenvalue weighted by Gasteiger charge is -2.27. The summed E-state index contributed by atoms with van der Waals surface area (Å²) < 4.78 is 7.62. The fourth-order valence-electron chi connectivity index (χ4n) is 2.81. The zero-order valence-electron chi connectivity index (χ0n) is 12.1. The second-order valence-electron chi connectivity index (χ2n) is 5.97. The van der Waals surface area contributed by atoms with Gasteiger partial charge in [0, 0.05) is 18.9 Å². The average Bonchev–Trinajstić information content (AvgIpc) is 2.94. The van der Waals surface area contributed by atoms with Gasteiger partial charge in [0.1, 0.15) is 6.10 Å². The van der Waals surface area contributed by atoms with Crippen LogP contribution in [0.4, 0.5) is 0 Å². The van der Waals surface area contributed by atoms with Crippen LogP contribution in [0.2, 0.25) is 0 Å². The Morgan fingerprint density at radius 2 is 2.30 bits per heavy atom. The molecule has 0 N–H and O–H groups in total. The van der Waals surface area contributed by atoms with Crippen LogP contribution in [-0.2, 0) is 16.1 Å². The van der Waals surface area contributed by atoms with Crippen molar-refractivity contribution in [2.24, 2.45) is 5.92 Å². The Labute approximate surface area is 119 Å². The molecule has 1 aromatic rings. The van der Waals surface area contributed by atoms with Gasteiger partial charge in [0.15, 0.2) is 0 Å². The van der Waals surface area contributed by atoms with E-state index >= 15 is 0 Å². The van der Waals surface area contributed by atoms with Crippen LogP contribution in [0.5, 0.6) is 0 Å². The van der Waals surface area contributed by atoms with Gasteiger partial charge in [-0.15, -0.1) is 0 Å². The number of hydrogen-bond donors (Lipinski definition) is 0. The van der Waals surface area contributed by atoms with E-state index < -0.39 is 0 Å². The van der Waals surface area contributed by atoms with Gasteiger partial charge in [-0.25, -0.2) is 0 Å². The molecule has 3 rings (SSSR count). The maximum Gasteiger partial charge on any atom is 0.251 e. The van der Waals surface area contributed by atoms with E-state index in [4.69, 9.17) is 4.74 Å². The largest absolute Gasteiger partial charge is 0.368 e. The first kappa shape index (κ1) is 13.6. The first-order valence-electron chi connectivity index (χ1n) is 7.63. The Bertz CT molecular complexity index is 442. The summed E-state index contributed by atoms with van der Waals surface area (Å²) >= 11 is 0. The van der Waals surface area contributed by atoms with Crippen LogP contribution in [0.1, 0.15) is 32.6 Å². The van der Waals surface area contributed by atoms with Crippen molar-refractivity contribution in [2.75, 3.05) is 13.2 Å². The lowest BCUT2D eigenvalue weighted by Crippen LogP contribution is -2.43. The third-order valence-corrected chi connectivity index (χ3v) is 4.24. The normalized spacial score (nSPS) is 24.1. The number of amides is 1. The molecule has 2 aliphatic rings. The lowest BCUT2D eigenvalue weighted by atomic mass is 10.2. The highest BCUT2D eigenvalue weighted by Crippen LogP contribution is 2.29. The van der Waals surface area contributed by atoms with Crippen molar-refractivity contribution in [3.63, 3.8) is 0 Å². The predicted octanol–water partition coefficient (Wildman–Crippen LogP) is 1.69. The summed E-state index contributed by atoms with van der Waals surface area (Å²) in [6.45, 7) is 4.26. The Kier molecular flexibility index (Phi) is 4.05. The molecule has 5 nitrogen and oxygen atoms in total. The summed E-state index contributed by atoms with van der Waals surface area (Å²) in [6, 6.07) is 2.18. The Hall–Kier alpha value is -1.36. The third-order valence-electron chi connectivity index (χ3n) is 4.24. The molecule has 1 saturated heterocycles. The Balaban J connectivity index is 1.54. The fourth-order valence-corrected chi connectivity index (χ4v) is 2.81. The van der Waals surface area contributed by atoms with Gasteiger partial charge in [-0.05, 0) is 44.6 Å². The van der Waals surface area contributed by atoms with Gasteiger partial charge >= 0.3 is 0 Å². The van der Waals surface area contributed by atoms with Crippen molar-refractivity contribution >= 4 is 5.91 Å². The van der Waals surface area contributed by atoms with Gasteiger partial charge in [0.25, 0.3) is 5.91 Å². The molecule has 110 valence electrons. The quantitative estimate of drug-likeness (QED) is 0.795. The van der Waals surface area contributed by atoms with Crippen molar-refractivity contribution in [2.45, 2.75) is 51.3 Å². The van der Waals surface area contributed by atoms with E-state index in [9.17, 15) is 4.79 Å². The topological polar surface area (TPSA) is 47.4 Å². The van der Waals surface area contributed by atoms with Crippen molar-refractivity contribution in [1.29, 1.82) is 0 Å². The van der Waals surface area contributed by atoms with E-state index in [2.05, 4.69) is 5.10 Å². The van der Waals surface area contributed by atoms with Gasteiger partial charge in [-0.1, -0.05) is 0 Å². The minimum atomic E-state index is -0.311. The van der Waals surface area contributed by atoms with Crippen LogP contribution >= 0.6 is 0 Å². The molecule has 0 bridgehead atoms. The molecule has 1 aliphatic carbocycles. The summed E-state index contributed by atoms with van der Waals surface area (Å²) in [5.41, 5.74) is 0. The summed E-state index contributed by atoms with van der Waals surface area (Å²) in [5, 5.41) is 4.23. The van der Waals surface area contributed by atoms with Crippen LogP contribution in [0.15, 0.2) is 18.5 Å². The molecule has 1 saturated carbocycles. The molecular formula is C15H23N3O2. The highest BCUT2D eigenvalue weighted by Gasteiger charge is 2.33. The standard InChI is InChI=1S/C15H23N3O2/c1-12(20-11-13-5-6-13)15(19)18-9-2-4-14(18)10-17-8-3-7-16-17/h3,7-8,12-14H,2,4-6,9-11H2,1H3/t12-,14-/m1/s1. The third kappa shape index (κ3) is 3.20. The SMILES string of the molecule is C[C@@H](OCC1CC1)C(=O)N1CCC[C@@H]1Cn1cccn1. The molecule has 1 aliphatic heterocycles. The lowest BCUT2D eigenvalue weighted by molar-refractivity contribution is -0.144. The van der Waals surface area contributed by atoms with Crippen LogP contribution < -0.4 is 0 Å². The Morgan fingerprint density at radius 3 is 3.00 bits per heavy atom. The van der Waals surface area contributed by atoms with E-state index in [1.54, 1.807) is 6.20 Å². The van der Waals surface area contributed by atoms with Crippen LogP contribution in [0.25, 0.3) is 0 Å². The van der Waals surface area contributed by atoms with Crippen molar-refractivity contribution in [3.05, 3.63) is 18.5 Å². The van der Waals surface area contributed by atoms with Crippen LogP contribution in [0.3, 0.4) is 0 Å². The predicted molar refractivity (Wildman–Crippen MR) is 75.1 cm³/mol. The molecular weight excluding hydrogens is 254 g/mol. The highest BCUT2D eigenvalue weighted by molar-refractivity contribution is 5.81. The number of aromatic nitrogens is 2. The zero-order chi connectivity index (χ0) is 13.9. The summed E-state index contributed by atoms with van der Waals surface area (Å²) in [4.78, 5) is 14.5. The zero-order valence-corrected chi connectivity index (χ0v) is 12.1. The number of nitrogens with zero attached hydrogens (tertiary/aromatic N) is 3. The minimum Gasteiger partial charge on any atom is -0.368 e. The van der Waals surface area contributed by atoms with Crippen molar-refractivity contribution < 1.29 is 9.53 Å². The summed E-state index contributed by atoms with van der Waals surface area (Å²) in [6.07, 6.45) is 8.07. The van der Waals surface area contributed by atoms with Gasteiger partial charge in [0.2, 0.25) is 0 Å². The van der Waals surface area contributed by atoms with E-state index in [-0.39, 0.29) is 18.1 Å². The fraction of sp³-hybridized carbons (Fsp3) is 0.733. The Morgan fingerprint density at radius 1 is 1.45 bits per heavy atom. The molecule has 2 atom stereocenters. The molecule has 0 radical (unpaired) electrons. The van der Waals surface area contributed by atoms with Crippen molar-refractivity contribution in [3.8, 4) is 0 Å². The first-order chi connectivity index (χ1) is 9.74. The number of carbonyl (C=O) groups excluding carboxylic acids is 1. The van der Waals surface area contributed by atoms with E-state index in [0.29, 0.717) is 5.92 Å². The summed E-state index contributed by atoms with van der Waals surface area (Å²) in [5.74, 6) is 0.837. The number of carbonyl (C=O) groups is 1. The molecule has 0 aromatic carbocycles. The highest BCUT2D eigenvalue weighted by atomic mass is 16.5. The monoisotopic (exact) mass is 277 g/mol. The van der Waals surface area contributed by atoms with Crippen LogP contribution in [-0.4, -0.2) is 45.9 Å². The number of rotatable bonds is 6. The van der Waals surface area contributed by atoms with E-state index in [1.807, 2.05) is 28.8 Å². The second-order valence-corrected chi connectivity index (χ2v) is 5.97. The molecule has 1 aromatic heterocycles. The van der Waals surface area contributed by atoms with Crippen LogP contribution in [0, 0.1) is 5.92 Å². The number of ether oxygens (including phenoxy) is 1. The molecule has 2 fully saturated rings. The maximum atomic E-state index is 12.5. The van der Waals surface area contributed by atoms with E-state index in [0.717, 1.165) is 32.5 Å². The van der Waals surface area contributed by atoms with Gasteiger partial charge in [0.05, 0.1) is 19.2 Å². The molecule has 1 amide bonds. The maximum absolute atomic E-state index is 12.5. The second kappa shape index (κ2) is 5.95. The van der Waals surface area contributed by atoms with Gasteiger partial charge < -0.3 is 9.64 Å². The first-order valence-corrected chi connectivity index (χ1v) is 7.63. The van der Waals surface area contributed by atoms with Gasteiger partial charge in [-0.2, -0.15) is 5.10 Å². The van der Waals surface area contributed by atoms with E-state index in [1.165, 1.54) is 12.8 Å². The molecule has 2 heterocycles. The molecule has 0 unspecified atom stereocenters. The summed E-state index contributed by atoms with van der Waals surface area (Å²) in [7, 11) is 0. The van der Waals surface area contributed by atoms with Gasteiger partial charge in [-0.3, -0.25) is 9.48 Å². The smallest absolute Gasteiger partial charge is 0.251 e. The number of likely N-dealkylation sites (tertiary alicyclic amines) is 1. The average molecular weight is 277 g/mol. The molecule has 20 heavy (non-hydrogen) atoms.